The van der Waals surface area contributed by atoms with E-state index in [9.17, 15) is 0 Å². The fourth-order valence-electron chi connectivity index (χ4n) is 0.608. The van der Waals surface area contributed by atoms with Crippen LogP contribution >= 0.6 is 11.5 Å². The molecule has 2 heterocycles. The molecule has 5 heteroatoms. The van der Waals surface area contributed by atoms with Crippen LogP contribution < -0.4 is 0 Å². The summed E-state index contributed by atoms with van der Waals surface area (Å²) < 4.78 is 8.90. The third kappa shape index (κ3) is 0.801. The van der Waals surface area contributed by atoms with Gasteiger partial charge in [0.25, 0.3) is 5.89 Å². The quantitative estimate of drug-likeness (QED) is 0.617. The van der Waals surface area contributed by atoms with Crippen LogP contribution in [0.1, 0.15) is 0 Å². The SMILES string of the molecule is c1nnc(-c2ccsn2)o1. The molecule has 0 saturated heterocycles. The van der Waals surface area contributed by atoms with Crippen LogP contribution in [-0.2, 0) is 0 Å². The molecule has 0 aromatic carbocycles. The van der Waals surface area contributed by atoms with Crippen molar-refractivity contribution in [3.05, 3.63) is 17.8 Å². The molecule has 2 aromatic rings. The second-order valence-corrected chi connectivity index (χ2v) is 2.29. The highest BCUT2D eigenvalue weighted by molar-refractivity contribution is 7.03. The van der Waals surface area contributed by atoms with Gasteiger partial charge in [-0.2, -0.15) is 4.37 Å². The van der Waals surface area contributed by atoms with E-state index in [-0.39, 0.29) is 0 Å². The zero-order valence-corrected chi connectivity index (χ0v) is 5.71. The van der Waals surface area contributed by atoms with Crippen LogP contribution in [0.3, 0.4) is 0 Å². The van der Waals surface area contributed by atoms with Crippen LogP contribution in [0, 0.1) is 0 Å². The van der Waals surface area contributed by atoms with E-state index in [4.69, 9.17) is 4.42 Å². The third-order valence-corrected chi connectivity index (χ3v) is 1.58. The molecule has 0 unspecified atom stereocenters. The Morgan fingerprint density at radius 3 is 3.10 bits per heavy atom. The lowest BCUT2D eigenvalue weighted by atomic mass is 10.4. The predicted octanol–water partition coefficient (Wildman–Crippen LogP) is 1.19. The Kier molecular flexibility index (Phi) is 1.21. The fraction of sp³-hybridized carbons (Fsp3) is 0. The predicted molar refractivity (Wildman–Crippen MR) is 35.4 cm³/mol. The van der Waals surface area contributed by atoms with Crippen molar-refractivity contribution >= 4 is 11.5 Å². The van der Waals surface area contributed by atoms with Crippen molar-refractivity contribution in [2.24, 2.45) is 0 Å². The van der Waals surface area contributed by atoms with E-state index < -0.39 is 0 Å². The van der Waals surface area contributed by atoms with E-state index in [1.54, 1.807) is 0 Å². The standard InChI is InChI=1S/C5H3N3OS/c1-2-10-8-4(1)5-7-6-3-9-5/h1-3H. The van der Waals surface area contributed by atoms with Gasteiger partial charge in [-0.3, -0.25) is 0 Å². The summed E-state index contributed by atoms with van der Waals surface area (Å²) in [5.74, 6) is 0.473. The Morgan fingerprint density at radius 2 is 2.50 bits per heavy atom. The highest BCUT2D eigenvalue weighted by atomic mass is 32.1. The minimum Gasteiger partial charge on any atom is -0.422 e. The van der Waals surface area contributed by atoms with Gasteiger partial charge in [0, 0.05) is 5.38 Å². The molecule has 0 atom stereocenters. The van der Waals surface area contributed by atoms with Crippen molar-refractivity contribution in [3.8, 4) is 11.6 Å². The maximum Gasteiger partial charge on any atom is 0.267 e. The van der Waals surface area contributed by atoms with E-state index in [0.717, 1.165) is 5.69 Å². The first-order valence-electron chi connectivity index (χ1n) is 2.64. The van der Waals surface area contributed by atoms with Crippen molar-refractivity contribution in [1.29, 1.82) is 0 Å². The van der Waals surface area contributed by atoms with Crippen LogP contribution in [0.15, 0.2) is 22.3 Å². The molecule has 0 spiro atoms. The van der Waals surface area contributed by atoms with Gasteiger partial charge in [-0.1, -0.05) is 0 Å². The maximum absolute atomic E-state index is 4.90. The molecule has 0 aliphatic heterocycles. The molecule has 2 rings (SSSR count). The van der Waals surface area contributed by atoms with Gasteiger partial charge < -0.3 is 4.42 Å². The number of rotatable bonds is 1. The van der Waals surface area contributed by atoms with E-state index in [2.05, 4.69) is 14.6 Å². The molecule has 0 fully saturated rings. The van der Waals surface area contributed by atoms with Crippen molar-refractivity contribution in [2.75, 3.05) is 0 Å². The smallest absolute Gasteiger partial charge is 0.267 e. The molecule has 0 aliphatic carbocycles. The van der Waals surface area contributed by atoms with Crippen LogP contribution in [0.25, 0.3) is 11.6 Å². The Bertz CT molecular complexity index is 256. The number of hydrogen-bond acceptors (Lipinski definition) is 5. The van der Waals surface area contributed by atoms with Gasteiger partial charge in [0.05, 0.1) is 0 Å². The Hall–Kier alpha value is -1.23. The minimum atomic E-state index is 0.473. The van der Waals surface area contributed by atoms with Gasteiger partial charge in [-0.25, -0.2) is 0 Å². The maximum atomic E-state index is 4.90. The summed E-state index contributed by atoms with van der Waals surface area (Å²) in [4.78, 5) is 0. The monoisotopic (exact) mass is 153 g/mol. The number of aromatic nitrogens is 3. The van der Waals surface area contributed by atoms with Gasteiger partial charge in [0.2, 0.25) is 6.39 Å². The van der Waals surface area contributed by atoms with Gasteiger partial charge in [0.15, 0.2) is 0 Å². The molecule has 0 aliphatic rings. The topological polar surface area (TPSA) is 51.8 Å². The van der Waals surface area contributed by atoms with Crippen LogP contribution in [-0.4, -0.2) is 14.6 Å². The lowest BCUT2D eigenvalue weighted by Gasteiger charge is -1.79. The average Bonchev–Trinajstić information content (AvgIpc) is 2.59. The van der Waals surface area contributed by atoms with Crippen molar-refractivity contribution in [1.82, 2.24) is 14.6 Å². The molecular weight excluding hydrogens is 150 g/mol. The fourth-order valence-corrected chi connectivity index (χ4v) is 1.11. The Morgan fingerprint density at radius 1 is 1.50 bits per heavy atom. The normalized spacial score (nSPS) is 10.0. The summed E-state index contributed by atoms with van der Waals surface area (Å²) in [6.45, 7) is 0. The largest absolute Gasteiger partial charge is 0.422 e. The minimum absolute atomic E-state index is 0.473. The van der Waals surface area contributed by atoms with E-state index in [1.807, 2.05) is 11.4 Å². The second kappa shape index (κ2) is 2.18. The first-order valence-corrected chi connectivity index (χ1v) is 3.47. The molecule has 4 nitrogen and oxygen atoms in total. The number of hydrogen-bond donors (Lipinski definition) is 0. The molecule has 50 valence electrons. The van der Waals surface area contributed by atoms with Crippen LogP contribution in [0.5, 0.6) is 0 Å². The number of nitrogens with zero attached hydrogens (tertiary/aromatic N) is 3. The zero-order chi connectivity index (χ0) is 6.81. The molecule has 2 aromatic heterocycles. The van der Waals surface area contributed by atoms with E-state index in [0.29, 0.717) is 5.89 Å². The van der Waals surface area contributed by atoms with E-state index in [1.165, 1.54) is 17.9 Å². The van der Waals surface area contributed by atoms with Gasteiger partial charge in [0.1, 0.15) is 5.69 Å². The summed E-state index contributed by atoms with van der Waals surface area (Å²) in [6.07, 6.45) is 1.29. The van der Waals surface area contributed by atoms with Crippen LogP contribution in [0.2, 0.25) is 0 Å². The molecule has 10 heavy (non-hydrogen) atoms. The van der Waals surface area contributed by atoms with Gasteiger partial charge in [-0.05, 0) is 17.6 Å². The summed E-state index contributed by atoms with van der Waals surface area (Å²) in [7, 11) is 0. The molecule has 0 amide bonds. The van der Waals surface area contributed by atoms with Crippen molar-refractivity contribution < 1.29 is 4.42 Å². The molecule has 0 saturated carbocycles. The highest BCUT2D eigenvalue weighted by Crippen LogP contribution is 2.13. The van der Waals surface area contributed by atoms with E-state index >= 15 is 0 Å². The van der Waals surface area contributed by atoms with Crippen LogP contribution in [0.4, 0.5) is 0 Å². The molecule has 0 N–H and O–H groups in total. The summed E-state index contributed by atoms with van der Waals surface area (Å²) in [5.41, 5.74) is 0.738. The zero-order valence-electron chi connectivity index (χ0n) is 4.89. The lowest BCUT2D eigenvalue weighted by molar-refractivity contribution is 0.567. The lowest BCUT2D eigenvalue weighted by Crippen LogP contribution is -1.74. The Labute approximate surface area is 60.7 Å². The molecule has 0 radical (unpaired) electrons. The Balaban J connectivity index is 2.48. The average molecular weight is 153 g/mol. The van der Waals surface area contributed by atoms with Gasteiger partial charge in [-0.15, -0.1) is 10.2 Å². The summed E-state index contributed by atoms with van der Waals surface area (Å²) in [5, 5.41) is 9.07. The first kappa shape index (κ1) is 5.55. The first-order chi connectivity index (χ1) is 4.97. The van der Waals surface area contributed by atoms with Gasteiger partial charge >= 0.3 is 0 Å². The second-order valence-electron chi connectivity index (χ2n) is 1.63. The summed E-state index contributed by atoms with van der Waals surface area (Å²) in [6, 6.07) is 1.83. The van der Waals surface area contributed by atoms with Crippen molar-refractivity contribution in [2.45, 2.75) is 0 Å². The highest BCUT2D eigenvalue weighted by Gasteiger charge is 2.03. The molecular formula is C5H3N3OS. The molecule has 0 bridgehead atoms. The summed E-state index contributed by atoms with van der Waals surface area (Å²) >= 11 is 1.36. The third-order valence-electron chi connectivity index (χ3n) is 1.02. The van der Waals surface area contributed by atoms with Crippen molar-refractivity contribution in [3.63, 3.8) is 0 Å².